The summed E-state index contributed by atoms with van der Waals surface area (Å²) >= 11 is 5.86. The highest BCUT2D eigenvalue weighted by molar-refractivity contribution is 6.31. The molecule has 1 aliphatic rings. The van der Waals surface area contributed by atoms with E-state index in [1.807, 2.05) is 30.3 Å². The predicted octanol–water partition coefficient (Wildman–Crippen LogP) is 4.92. The number of benzene rings is 3. The van der Waals surface area contributed by atoms with Crippen molar-refractivity contribution in [2.45, 2.75) is 6.61 Å². The standard InChI is InChI=1S/C23H16ClN3O5/c24-17-7-9-18(10-8-17)26-22(28)19(25-23(26)29)12-16-6-11-21(20(13-16)27(30)31)32-14-15-4-2-1-3-5-15/h1-13H,14H2,(H,25,29)/b19-12+. The zero-order chi connectivity index (χ0) is 22.7. The van der Waals surface area contributed by atoms with E-state index in [9.17, 15) is 19.7 Å². The fraction of sp³-hybridized carbons (Fsp3) is 0.0435. The molecule has 0 atom stereocenters. The van der Waals surface area contributed by atoms with E-state index in [-0.39, 0.29) is 23.7 Å². The molecule has 32 heavy (non-hydrogen) atoms. The van der Waals surface area contributed by atoms with Crippen molar-refractivity contribution in [2.24, 2.45) is 0 Å². The summed E-state index contributed by atoms with van der Waals surface area (Å²) in [4.78, 5) is 37.0. The van der Waals surface area contributed by atoms with Crippen molar-refractivity contribution in [3.8, 4) is 5.75 Å². The summed E-state index contributed by atoms with van der Waals surface area (Å²) in [5, 5.41) is 14.5. The average Bonchev–Trinajstić information content (AvgIpc) is 3.07. The van der Waals surface area contributed by atoms with Crippen LogP contribution in [0.3, 0.4) is 0 Å². The van der Waals surface area contributed by atoms with E-state index in [1.54, 1.807) is 30.3 Å². The first-order valence-electron chi connectivity index (χ1n) is 9.50. The molecular formula is C23H16ClN3O5. The zero-order valence-electron chi connectivity index (χ0n) is 16.5. The van der Waals surface area contributed by atoms with Gasteiger partial charge in [-0.25, -0.2) is 9.69 Å². The van der Waals surface area contributed by atoms with Crippen LogP contribution in [0.4, 0.5) is 16.2 Å². The van der Waals surface area contributed by atoms with Gasteiger partial charge in [-0.05, 0) is 47.5 Å². The summed E-state index contributed by atoms with van der Waals surface area (Å²) in [6.07, 6.45) is 1.38. The number of nitrogens with one attached hydrogen (secondary N) is 1. The third-order valence-electron chi connectivity index (χ3n) is 4.69. The number of halogens is 1. The Balaban J connectivity index is 1.57. The molecule has 1 N–H and O–H groups in total. The lowest BCUT2D eigenvalue weighted by Crippen LogP contribution is -2.30. The average molecular weight is 450 g/mol. The second-order valence-electron chi connectivity index (χ2n) is 6.86. The quantitative estimate of drug-likeness (QED) is 0.249. The number of nitro groups is 1. The van der Waals surface area contributed by atoms with Crippen molar-refractivity contribution < 1.29 is 19.2 Å². The first-order valence-corrected chi connectivity index (χ1v) is 9.88. The number of nitro benzene ring substituents is 1. The van der Waals surface area contributed by atoms with Gasteiger partial charge in [0.25, 0.3) is 5.91 Å². The fourth-order valence-electron chi connectivity index (χ4n) is 3.15. The van der Waals surface area contributed by atoms with Gasteiger partial charge in [0.05, 0.1) is 10.6 Å². The van der Waals surface area contributed by atoms with Gasteiger partial charge in [-0.3, -0.25) is 14.9 Å². The number of hydrogen-bond acceptors (Lipinski definition) is 5. The molecule has 1 aliphatic heterocycles. The van der Waals surface area contributed by atoms with Crippen molar-refractivity contribution in [3.05, 3.63) is 105 Å². The summed E-state index contributed by atoms with van der Waals surface area (Å²) in [5.41, 5.74) is 1.34. The molecule has 0 saturated carbocycles. The summed E-state index contributed by atoms with van der Waals surface area (Å²) in [5.74, 6) is -0.477. The molecule has 0 radical (unpaired) electrons. The number of imide groups is 1. The third-order valence-corrected chi connectivity index (χ3v) is 4.94. The number of nitrogens with zero attached hydrogens (tertiary/aromatic N) is 2. The molecule has 9 heteroatoms. The highest BCUT2D eigenvalue weighted by Gasteiger charge is 2.35. The molecule has 1 fully saturated rings. The Morgan fingerprint density at radius 2 is 1.75 bits per heavy atom. The van der Waals surface area contributed by atoms with E-state index in [4.69, 9.17) is 16.3 Å². The largest absolute Gasteiger partial charge is 0.482 e. The number of ether oxygens (including phenoxy) is 1. The van der Waals surface area contributed by atoms with E-state index in [1.165, 1.54) is 18.2 Å². The molecular weight excluding hydrogens is 434 g/mol. The summed E-state index contributed by atoms with van der Waals surface area (Å²) in [7, 11) is 0. The van der Waals surface area contributed by atoms with Crippen molar-refractivity contribution in [3.63, 3.8) is 0 Å². The van der Waals surface area contributed by atoms with E-state index in [0.717, 1.165) is 10.5 Å². The third kappa shape index (κ3) is 4.45. The molecule has 0 unspecified atom stereocenters. The number of rotatable bonds is 6. The molecule has 0 bridgehead atoms. The maximum atomic E-state index is 12.7. The van der Waals surface area contributed by atoms with Crippen LogP contribution in [0.25, 0.3) is 6.08 Å². The fourth-order valence-corrected chi connectivity index (χ4v) is 3.28. The Morgan fingerprint density at radius 3 is 2.44 bits per heavy atom. The van der Waals surface area contributed by atoms with Gasteiger partial charge in [0.2, 0.25) is 0 Å². The number of carbonyl (C=O) groups is 2. The van der Waals surface area contributed by atoms with Crippen LogP contribution < -0.4 is 15.0 Å². The second-order valence-corrected chi connectivity index (χ2v) is 7.30. The minimum atomic E-state index is -0.624. The van der Waals surface area contributed by atoms with Gasteiger partial charge in [0, 0.05) is 11.1 Å². The molecule has 1 heterocycles. The second kappa shape index (κ2) is 8.91. The molecule has 3 aromatic rings. The molecule has 0 aromatic heterocycles. The Hall–Kier alpha value is -4.17. The lowest BCUT2D eigenvalue weighted by molar-refractivity contribution is -0.386. The minimum absolute atomic E-state index is 0.00259. The molecule has 160 valence electrons. The van der Waals surface area contributed by atoms with Gasteiger partial charge in [0.15, 0.2) is 5.75 Å². The maximum absolute atomic E-state index is 12.7. The van der Waals surface area contributed by atoms with Crippen molar-refractivity contribution >= 4 is 41.0 Å². The van der Waals surface area contributed by atoms with Crippen LogP contribution in [0.2, 0.25) is 5.02 Å². The van der Waals surface area contributed by atoms with Crippen LogP contribution in [-0.4, -0.2) is 16.9 Å². The van der Waals surface area contributed by atoms with Crippen LogP contribution in [0, 0.1) is 10.1 Å². The summed E-state index contributed by atoms with van der Waals surface area (Å²) in [6, 6.07) is 19.2. The van der Waals surface area contributed by atoms with Crippen molar-refractivity contribution in [2.75, 3.05) is 4.90 Å². The van der Waals surface area contributed by atoms with Crippen LogP contribution in [0.5, 0.6) is 5.75 Å². The Labute approximate surface area is 187 Å². The first-order chi connectivity index (χ1) is 15.4. The van der Waals surface area contributed by atoms with Crippen LogP contribution in [-0.2, 0) is 11.4 Å². The highest BCUT2D eigenvalue weighted by atomic mass is 35.5. The van der Waals surface area contributed by atoms with E-state index in [2.05, 4.69) is 5.32 Å². The summed E-state index contributed by atoms with van der Waals surface area (Å²) in [6.45, 7) is 0.173. The van der Waals surface area contributed by atoms with E-state index >= 15 is 0 Å². The molecule has 3 aromatic carbocycles. The highest BCUT2D eigenvalue weighted by Crippen LogP contribution is 2.30. The van der Waals surface area contributed by atoms with Crippen LogP contribution >= 0.6 is 11.6 Å². The van der Waals surface area contributed by atoms with Gasteiger partial charge in [-0.15, -0.1) is 0 Å². The number of urea groups is 1. The van der Waals surface area contributed by atoms with Gasteiger partial charge in [-0.1, -0.05) is 48.0 Å². The first kappa shape index (κ1) is 21.1. The minimum Gasteiger partial charge on any atom is -0.482 e. The number of hydrogen-bond donors (Lipinski definition) is 1. The predicted molar refractivity (Wildman–Crippen MR) is 119 cm³/mol. The maximum Gasteiger partial charge on any atom is 0.333 e. The Bertz CT molecular complexity index is 1230. The molecule has 1 saturated heterocycles. The topological polar surface area (TPSA) is 102 Å². The lowest BCUT2D eigenvalue weighted by atomic mass is 10.1. The molecule has 3 amide bonds. The van der Waals surface area contributed by atoms with Gasteiger partial charge < -0.3 is 10.1 Å². The van der Waals surface area contributed by atoms with Crippen molar-refractivity contribution in [1.29, 1.82) is 0 Å². The van der Waals surface area contributed by atoms with Crippen LogP contribution in [0.1, 0.15) is 11.1 Å². The van der Waals surface area contributed by atoms with Gasteiger partial charge in [-0.2, -0.15) is 0 Å². The van der Waals surface area contributed by atoms with Gasteiger partial charge >= 0.3 is 11.7 Å². The summed E-state index contributed by atoms with van der Waals surface area (Å²) < 4.78 is 5.61. The molecule has 0 spiro atoms. The Kier molecular flexibility index (Phi) is 5.87. The number of carbonyl (C=O) groups excluding carboxylic acids is 2. The van der Waals surface area contributed by atoms with Gasteiger partial charge in [0.1, 0.15) is 12.3 Å². The number of anilines is 1. The molecule has 0 aliphatic carbocycles. The smallest absolute Gasteiger partial charge is 0.333 e. The van der Waals surface area contributed by atoms with Crippen molar-refractivity contribution in [1.82, 2.24) is 5.32 Å². The normalized spacial score (nSPS) is 14.5. The number of amides is 3. The zero-order valence-corrected chi connectivity index (χ0v) is 17.3. The van der Waals surface area contributed by atoms with E-state index in [0.29, 0.717) is 16.3 Å². The van der Waals surface area contributed by atoms with Crippen LogP contribution in [0.15, 0.2) is 78.5 Å². The SMILES string of the molecule is O=C1N/C(=C/c2ccc(OCc3ccccc3)c([N+](=O)[O-])c2)C(=O)N1c1ccc(Cl)cc1. The molecule has 4 rings (SSSR count). The monoisotopic (exact) mass is 449 g/mol. The lowest BCUT2D eigenvalue weighted by Gasteiger charge is -2.11. The van der Waals surface area contributed by atoms with E-state index < -0.39 is 16.9 Å². The Morgan fingerprint density at radius 1 is 1.03 bits per heavy atom. The molecule has 8 nitrogen and oxygen atoms in total.